The molecule has 0 aromatic rings. The minimum Gasteiger partial charge on any atom is -0.393 e. The number of rotatable bonds is 19. The molecular formula is C22H46O. The van der Waals surface area contributed by atoms with Gasteiger partial charge in [0.1, 0.15) is 0 Å². The smallest absolute Gasteiger partial charge is 0.0537 e. The summed E-state index contributed by atoms with van der Waals surface area (Å²) in [5, 5.41) is 9.48. The maximum atomic E-state index is 9.48. The maximum absolute atomic E-state index is 9.48. The number of aliphatic hydroxyl groups is 1. The molecule has 0 aliphatic heterocycles. The highest BCUT2D eigenvalue weighted by Crippen LogP contribution is 2.14. The van der Waals surface area contributed by atoms with Crippen LogP contribution < -0.4 is 0 Å². The first-order valence-electron chi connectivity index (χ1n) is 11.0. The van der Waals surface area contributed by atoms with Crippen LogP contribution in [-0.4, -0.2) is 11.2 Å². The van der Waals surface area contributed by atoms with Gasteiger partial charge >= 0.3 is 0 Å². The van der Waals surface area contributed by atoms with Crippen LogP contribution in [0.2, 0.25) is 0 Å². The lowest BCUT2D eigenvalue weighted by Crippen LogP contribution is -2.03. The van der Waals surface area contributed by atoms with Crippen LogP contribution >= 0.6 is 0 Å². The molecule has 1 atom stereocenters. The Bertz CT molecular complexity index is 202. The van der Waals surface area contributed by atoms with E-state index < -0.39 is 0 Å². The lowest BCUT2D eigenvalue weighted by molar-refractivity contribution is 0.156. The Labute approximate surface area is 147 Å². The van der Waals surface area contributed by atoms with Crippen molar-refractivity contribution >= 4 is 0 Å². The quantitative estimate of drug-likeness (QED) is 0.240. The number of hydrogen-bond donors (Lipinski definition) is 1. The van der Waals surface area contributed by atoms with Gasteiger partial charge in [0.2, 0.25) is 0 Å². The first kappa shape index (κ1) is 23.0. The molecule has 0 heterocycles. The van der Waals surface area contributed by atoms with E-state index in [2.05, 4.69) is 13.8 Å². The monoisotopic (exact) mass is 326 g/mol. The van der Waals surface area contributed by atoms with Gasteiger partial charge in [-0.15, -0.1) is 0 Å². The third-order valence-corrected chi connectivity index (χ3v) is 5.11. The van der Waals surface area contributed by atoms with Crippen LogP contribution in [0.4, 0.5) is 0 Å². The van der Waals surface area contributed by atoms with E-state index in [4.69, 9.17) is 0 Å². The molecule has 0 aromatic carbocycles. The first-order valence-corrected chi connectivity index (χ1v) is 11.0. The van der Waals surface area contributed by atoms with E-state index in [0.717, 1.165) is 12.8 Å². The van der Waals surface area contributed by atoms with E-state index in [9.17, 15) is 5.11 Å². The molecule has 0 aliphatic rings. The summed E-state index contributed by atoms with van der Waals surface area (Å²) in [5.41, 5.74) is 0. The highest BCUT2D eigenvalue weighted by Gasteiger charge is 1.99. The van der Waals surface area contributed by atoms with Gasteiger partial charge in [-0.1, -0.05) is 123 Å². The van der Waals surface area contributed by atoms with Gasteiger partial charge in [-0.3, -0.25) is 0 Å². The lowest BCUT2D eigenvalue weighted by atomic mass is 10.0. The zero-order valence-corrected chi connectivity index (χ0v) is 16.5. The summed E-state index contributed by atoms with van der Waals surface area (Å²) in [6.45, 7) is 4.36. The van der Waals surface area contributed by atoms with E-state index >= 15 is 0 Å². The molecule has 0 spiro atoms. The van der Waals surface area contributed by atoms with Crippen LogP contribution in [0, 0.1) is 0 Å². The molecule has 0 fully saturated rings. The van der Waals surface area contributed by atoms with Crippen molar-refractivity contribution < 1.29 is 5.11 Å². The fourth-order valence-corrected chi connectivity index (χ4v) is 3.31. The molecule has 140 valence electrons. The minimum absolute atomic E-state index is 0.0497. The van der Waals surface area contributed by atoms with Crippen molar-refractivity contribution in [3.05, 3.63) is 0 Å². The Balaban J connectivity index is 2.97. The van der Waals surface area contributed by atoms with Gasteiger partial charge in [-0.2, -0.15) is 0 Å². The van der Waals surface area contributed by atoms with E-state index in [1.807, 2.05) is 0 Å². The molecule has 0 radical (unpaired) electrons. The number of hydrogen-bond acceptors (Lipinski definition) is 1. The van der Waals surface area contributed by atoms with Gasteiger partial charge < -0.3 is 5.11 Å². The predicted octanol–water partition coefficient (Wildman–Crippen LogP) is 7.80. The largest absolute Gasteiger partial charge is 0.393 e. The molecule has 0 amide bonds. The van der Waals surface area contributed by atoms with Gasteiger partial charge in [0.25, 0.3) is 0 Å². The average Bonchev–Trinajstić information content (AvgIpc) is 2.57. The molecule has 0 saturated heterocycles. The molecule has 0 aromatic heterocycles. The van der Waals surface area contributed by atoms with Crippen molar-refractivity contribution in [1.82, 2.24) is 0 Å². The van der Waals surface area contributed by atoms with Gasteiger partial charge in [-0.25, -0.2) is 0 Å². The summed E-state index contributed by atoms with van der Waals surface area (Å²) in [4.78, 5) is 0. The maximum Gasteiger partial charge on any atom is 0.0537 e. The normalized spacial score (nSPS) is 12.7. The summed E-state index contributed by atoms with van der Waals surface area (Å²) in [6.07, 6.45) is 26.0. The average molecular weight is 327 g/mol. The Morgan fingerprint density at radius 3 is 1.09 bits per heavy atom. The number of unbranched alkanes of at least 4 members (excludes halogenated alkanes) is 16. The lowest BCUT2D eigenvalue weighted by Gasteiger charge is -2.06. The topological polar surface area (TPSA) is 20.2 Å². The van der Waals surface area contributed by atoms with Crippen molar-refractivity contribution in [3.8, 4) is 0 Å². The summed E-state index contributed by atoms with van der Waals surface area (Å²) in [6, 6.07) is 0. The van der Waals surface area contributed by atoms with Crippen LogP contribution in [0.15, 0.2) is 0 Å². The molecule has 1 N–H and O–H groups in total. The summed E-state index contributed by atoms with van der Waals surface area (Å²) < 4.78 is 0. The highest BCUT2D eigenvalue weighted by molar-refractivity contribution is 4.54. The molecule has 1 nitrogen and oxygen atoms in total. The molecule has 0 bridgehead atoms. The van der Waals surface area contributed by atoms with E-state index in [1.54, 1.807) is 0 Å². The Hall–Kier alpha value is -0.0400. The van der Waals surface area contributed by atoms with E-state index in [-0.39, 0.29) is 6.10 Å². The molecule has 0 unspecified atom stereocenters. The van der Waals surface area contributed by atoms with Crippen molar-refractivity contribution in [2.75, 3.05) is 0 Å². The second-order valence-corrected chi connectivity index (χ2v) is 7.51. The predicted molar refractivity (Wildman–Crippen MR) is 105 cm³/mol. The zero-order valence-electron chi connectivity index (χ0n) is 16.5. The summed E-state index contributed by atoms with van der Waals surface area (Å²) >= 11 is 0. The molecule has 0 saturated carbocycles. The molecular weight excluding hydrogens is 280 g/mol. The van der Waals surface area contributed by atoms with Gasteiger partial charge in [0.15, 0.2) is 0 Å². The van der Waals surface area contributed by atoms with Gasteiger partial charge in [0.05, 0.1) is 6.10 Å². The van der Waals surface area contributed by atoms with Crippen molar-refractivity contribution in [2.24, 2.45) is 0 Å². The SMILES string of the molecule is CCCCCCCCCCCCCCCCCCC[C@@H](O)CC. The van der Waals surface area contributed by atoms with Crippen LogP contribution in [0.1, 0.15) is 136 Å². The fraction of sp³-hybridized carbons (Fsp3) is 1.00. The molecule has 0 rings (SSSR count). The third-order valence-electron chi connectivity index (χ3n) is 5.11. The number of aliphatic hydroxyl groups excluding tert-OH is 1. The van der Waals surface area contributed by atoms with Gasteiger partial charge in [-0.05, 0) is 12.8 Å². The Morgan fingerprint density at radius 2 is 0.783 bits per heavy atom. The second-order valence-electron chi connectivity index (χ2n) is 7.51. The molecule has 1 heteroatoms. The van der Waals surface area contributed by atoms with E-state index in [0.29, 0.717) is 0 Å². The van der Waals surface area contributed by atoms with E-state index in [1.165, 1.54) is 109 Å². The Morgan fingerprint density at radius 1 is 0.478 bits per heavy atom. The molecule has 0 aliphatic carbocycles. The fourth-order valence-electron chi connectivity index (χ4n) is 3.31. The van der Waals surface area contributed by atoms with Crippen LogP contribution in [0.3, 0.4) is 0 Å². The zero-order chi connectivity index (χ0) is 17.0. The summed E-state index contributed by atoms with van der Waals surface area (Å²) in [7, 11) is 0. The van der Waals surface area contributed by atoms with Crippen LogP contribution in [0.5, 0.6) is 0 Å². The third kappa shape index (κ3) is 19.9. The highest BCUT2D eigenvalue weighted by atomic mass is 16.3. The van der Waals surface area contributed by atoms with Crippen molar-refractivity contribution in [3.63, 3.8) is 0 Å². The van der Waals surface area contributed by atoms with Gasteiger partial charge in [0, 0.05) is 0 Å². The first-order chi connectivity index (χ1) is 11.3. The Kier molecular flexibility index (Phi) is 20.0. The summed E-state index contributed by atoms with van der Waals surface area (Å²) in [5.74, 6) is 0. The molecule has 23 heavy (non-hydrogen) atoms. The standard InChI is InChI=1S/C22H46O/c1-3-5-6-7-8-9-10-11-12-13-14-15-16-17-18-19-20-21-22(23)4-2/h22-23H,3-21H2,1-2H3/t22-/m0/s1. The second kappa shape index (κ2) is 20.0. The van der Waals surface area contributed by atoms with Crippen molar-refractivity contribution in [2.45, 2.75) is 142 Å². The van der Waals surface area contributed by atoms with Crippen LogP contribution in [0.25, 0.3) is 0 Å². The minimum atomic E-state index is -0.0497. The van der Waals surface area contributed by atoms with Crippen molar-refractivity contribution in [1.29, 1.82) is 0 Å². The van der Waals surface area contributed by atoms with Crippen LogP contribution in [-0.2, 0) is 0 Å².